The molecule has 0 saturated carbocycles. The van der Waals surface area contributed by atoms with E-state index in [1.54, 1.807) is 4.90 Å². The van der Waals surface area contributed by atoms with E-state index in [9.17, 15) is 4.79 Å². The van der Waals surface area contributed by atoms with Gasteiger partial charge in [0.1, 0.15) is 0 Å². The quantitative estimate of drug-likeness (QED) is 0.470. The molecule has 0 unspecified atom stereocenters. The summed E-state index contributed by atoms with van der Waals surface area (Å²) in [4.78, 5) is 17.8. The molecular weight excluding hydrogens is 343 g/mol. The van der Waals surface area contributed by atoms with Gasteiger partial charge in [0.25, 0.3) is 5.91 Å². The third kappa shape index (κ3) is 3.34. The molecule has 1 amide bonds. The SMILES string of the molecule is I.NC(N)=NCCN1CCc2ccccc2C1=O. The van der Waals surface area contributed by atoms with Crippen LogP contribution in [-0.4, -0.2) is 36.4 Å². The van der Waals surface area contributed by atoms with Gasteiger partial charge in [0, 0.05) is 18.7 Å². The number of guanidine groups is 1. The third-order valence-electron chi connectivity index (χ3n) is 2.85. The first kappa shape index (κ1) is 14.7. The number of fused-ring (bicyclic) bond motifs is 1. The Labute approximate surface area is 123 Å². The van der Waals surface area contributed by atoms with Gasteiger partial charge in [-0.15, -0.1) is 24.0 Å². The lowest BCUT2D eigenvalue weighted by Gasteiger charge is -2.27. The summed E-state index contributed by atoms with van der Waals surface area (Å²) in [5.74, 6) is 0.132. The van der Waals surface area contributed by atoms with Gasteiger partial charge in [-0.3, -0.25) is 9.79 Å². The van der Waals surface area contributed by atoms with Crippen molar-refractivity contribution in [3.05, 3.63) is 35.4 Å². The van der Waals surface area contributed by atoms with Crippen molar-refractivity contribution in [3.63, 3.8) is 0 Å². The highest BCUT2D eigenvalue weighted by molar-refractivity contribution is 14.0. The molecule has 0 radical (unpaired) electrons. The highest BCUT2D eigenvalue weighted by atomic mass is 127. The lowest BCUT2D eigenvalue weighted by molar-refractivity contribution is 0.0745. The molecule has 18 heavy (non-hydrogen) atoms. The molecule has 6 heteroatoms. The minimum absolute atomic E-state index is 0. The van der Waals surface area contributed by atoms with Gasteiger partial charge in [-0.25, -0.2) is 0 Å². The number of aliphatic imine (C=N–C) groups is 1. The smallest absolute Gasteiger partial charge is 0.254 e. The average Bonchev–Trinajstić information content (AvgIpc) is 2.32. The summed E-state index contributed by atoms with van der Waals surface area (Å²) in [6.45, 7) is 1.75. The minimum atomic E-state index is 0. The molecule has 1 heterocycles. The Morgan fingerprint density at radius 3 is 2.78 bits per heavy atom. The molecule has 2 rings (SSSR count). The molecule has 1 aliphatic rings. The number of benzene rings is 1. The van der Waals surface area contributed by atoms with E-state index in [2.05, 4.69) is 4.99 Å². The molecule has 98 valence electrons. The summed E-state index contributed by atoms with van der Waals surface area (Å²) < 4.78 is 0. The van der Waals surface area contributed by atoms with Crippen molar-refractivity contribution < 1.29 is 4.79 Å². The maximum Gasteiger partial charge on any atom is 0.254 e. The molecule has 0 aromatic heterocycles. The Morgan fingerprint density at radius 2 is 2.06 bits per heavy atom. The molecule has 0 atom stereocenters. The molecule has 1 aromatic carbocycles. The van der Waals surface area contributed by atoms with Crippen LogP contribution in [0.4, 0.5) is 0 Å². The van der Waals surface area contributed by atoms with E-state index in [0.29, 0.717) is 13.1 Å². The fourth-order valence-corrected chi connectivity index (χ4v) is 1.99. The molecule has 0 fully saturated rings. The summed E-state index contributed by atoms with van der Waals surface area (Å²) >= 11 is 0. The molecule has 0 saturated heterocycles. The van der Waals surface area contributed by atoms with Crippen molar-refractivity contribution in [2.24, 2.45) is 16.5 Å². The first-order chi connectivity index (χ1) is 8.18. The Hall–Kier alpha value is -1.31. The second kappa shape index (κ2) is 6.58. The van der Waals surface area contributed by atoms with Crippen molar-refractivity contribution in [2.75, 3.05) is 19.6 Å². The van der Waals surface area contributed by atoms with Crippen LogP contribution in [0, 0.1) is 0 Å². The predicted molar refractivity (Wildman–Crippen MR) is 82.1 cm³/mol. The molecule has 1 aromatic rings. The molecule has 0 bridgehead atoms. The highest BCUT2D eigenvalue weighted by Crippen LogP contribution is 2.17. The second-order valence-electron chi connectivity index (χ2n) is 4.01. The lowest BCUT2D eigenvalue weighted by Crippen LogP contribution is -2.39. The van der Waals surface area contributed by atoms with E-state index >= 15 is 0 Å². The van der Waals surface area contributed by atoms with Gasteiger partial charge in [-0.05, 0) is 18.1 Å². The number of rotatable bonds is 3. The first-order valence-corrected chi connectivity index (χ1v) is 5.61. The number of nitrogens with zero attached hydrogens (tertiary/aromatic N) is 2. The topological polar surface area (TPSA) is 84.7 Å². The first-order valence-electron chi connectivity index (χ1n) is 5.61. The molecule has 4 N–H and O–H groups in total. The number of carbonyl (C=O) groups is 1. The van der Waals surface area contributed by atoms with Crippen molar-refractivity contribution in [2.45, 2.75) is 6.42 Å². The largest absolute Gasteiger partial charge is 0.370 e. The van der Waals surface area contributed by atoms with Gasteiger partial charge in [0.2, 0.25) is 0 Å². The second-order valence-corrected chi connectivity index (χ2v) is 4.01. The maximum atomic E-state index is 12.1. The summed E-state index contributed by atoms with van der Waals surface area (Å²) in [5, 5.41) is 0. The fraction of sp³-hybridized carbons (Fsp3) is 0.333. The number of hydrogen-bond acceptors (Lipinski definition) is 2. The van der Waals surface area contributed by atoms with Crippen LogP contribution in [0.3, 0.4) is 0 Å². The molecule has 0 spiro atoms. The van der Waals surface area contributed by atoms with E-state index in [-0.39, 0.29) is 35.8 Å². The summed E-state index contributed by atoms with van der Waals surface area (Å²) in [6.07, 6.45) is 0.893. The van der Waals surface area contributed by atoms with E-state index in [1.165, 1.54) is 0 Å². The van der Waals surface area contributed by atoms with Gasteiger partial charge < -0.3 is 16.4 Å². The minimum Gasteiger partial charge on any atom is -0.370 e. The van der Waals surface area contributed by atoms with Crippen LogP contribution in [0.1, 0.15) is 15.9 Å². The highest BCUT2D eigenvalue weighted by Gasteiger charge is 2.22. The third-order valence-corrected chi connectivity index (χ3v) is 2.85. The van der Waals surface area contributed by atoms with E-state index in [1.807, 2.05) is 24.3 Å². The number of hydrogen-bond donors (Lipinski definition) is 2. The van der Waals surface area contributed by atoms with Crippen LogP contribution in [0.2, 0.25) is 0 Å². The van der Waals surface area contributed by atoms with E-state index < -0.39 is 0 Å². The number of halogens is 1. The summed E-state index contributed by atoms with van der Waals surface area (Å²) in [5.41, 5.74) is 12.4. The van der Waals surface area contributed by atoms with E-state index in [4.69, 9.17) is 11.5 Å². The van der Waals surface area contributed by atoms with Gasteiger partial charge in [0.15, 0.2) is 5.96 Å². The fourth-order valence-electron chi connectivity index (χ4n) is 1.99. The summed E-state index contributed by atoms with van der Waals surface area (Å²) in [7, 11) is 0. The number of nitrogens with two attached hydrogens (primary N) is 2. The zero-order valence-corrected chi connectivity index (χ0v) is 12.3. The van der Waals surface area contributed by atoms with Crippen LogP contribution < -0.4 is 11.5 Å². The molecule has 0 aliphatic carbocycles. The monoisotopic (exact) mass is 360 g/mol. The van der Waals surface area contributed by atoms with Crippen LogP contribution in [-0.2, 0) is 6.42 Å². The molecule has 5 nitrogen and oxygen atoms in total. The Morgan fingerprint density at radius 1 is 1.33 bits per heavy atom. The maximum absolute atomic E-state index is 12.1. The normalized spacial score (nSPS) is 13.6. The zero-order chi connectivity index (χ0) is 12.3. The van der Waals surface area contributed by atoms with Crippen LogP contribution in [0.5, 0.6) is 0 Å². The molecule has 1 aliphatic heterocycles. The van der Waals surface area contributed by atoms with Crippen LogP contribution in [0.15, 0.2) is 29.3 Å². The van der Waals surface area contributed by atoms with Crippen LogP contribution >= 0.6 is 24.0 Å². The predicted octanol–water partition coefficient (Wildman–Crippen LogP) is 0.576. The summed E-state index contributed by atoms with van der Waals surface area (Å²) in [6, 6.07) is 7.71. The van der Waals surface area contributed by atoms with Gasteiger partial charge in [-0.1, -0.05) is 18.2 Å². The number of carbonyl (C=O) groups excluding carboxylic acids is 1. The van der Waals surface area contributed by atoms with E-state index in [0.717, 1.165) is 24.1 Å². The van der Waals surface area contributed by atoms with Crippen molar-refractivity contribution in [3.8, 4) is 0 Å². The zero-order valence-electron chi connectivity index (χ0n) is 10.0. The standard InChI is InChI=1S/C12H16N4O.HI/c13-12(14)15-6-8-16-7-5-9-3-1-2-4-10(9)11(16)17;/h1-4H,5-8H2,(H4,13,14,15);1H. The van der Waals surface area contributed by atoms with Crippen molar-refractivity contribution in [1.29, 1.82) is 0 Å². The van der Waals surface area contributed by atoms with Gasteiger partial charge in [0.05, 0.1) is 6.54 Å². The van der Waals surface area contributed by atoms with Crippen LogP contribution in [0.25, 0.3) is 0 Å². The molecular formula is C12H17IN4O. The van der Waals surface area contributed by atoms with Crippen molar-refractivity contribution >= 4 is 35.8 Å². The van der Waals surface area contributed by atoms with Gasteiger partial charge in [-0.2, -0.15) is 0 Å². The Bertz CT molecular complexity index is 457. The lowest BCUT2D eigenvalue weighted by atomic mass is 9.99. The Balaban J connectivity index is 0.00000162. The van der Waals surface area contributed by atoms with Gasteiger partial charge >= 0.3 is 0 Å². The average molecular weight is 360 g/mol. The number of amides is 1. The van der Waals surface area contributed by atoms with Crippen molar-refractivity contribution in [1.82, 2.24) is 4.90 Å². The Kier molecular flexibility index (Phi) is 5.39.